The molecule has 0 radical (unpaired) electrons. The highest BCUT2D eigenvalue weighted by Crippen LogP contribution is 2.41. The Bertz CT molecular complexity index is 1140. The summed E-state index contributed by atoms with van der Waals surface area (Å²) in [5.74, 6) is 2.72. The minimum absolute atomic E-state index is 0.427. The van der Waals surface area contributed by atoms with Gasteiger partial charge in [-0.15, -0.1) is 0 Å². The Labute approximate surface area is 167 Å². The maximum absolute atomic E-state index is 13.1. The Morgan fingerprint density at radius 3 is 2.50 bits per heavy atom. The molecule has 0 amide bonds. The molecule has 2 aromatic carbocycles. The van der Waals surface area contributed by atoms with Crippen molar-refractivity contribution in [3.05, 3.63) is 58.3 Å². The van der Waals surface area contributed by atoms with Crippen molar-refractivity contribution in [2.75, 3.05) is 24.6 Å². The van der Waals surface area contributed by atoms with Gasteiger partial charge in [0.1, 0.15) is 11.5 Å². The number of rotatable bonds is 2. The maximum atomic E-state index is 13.1. The summed E-state index contributed by atoms with van der Waals surface area (Å²) in [6.45, 7) is 6.63. The first-order chi connectivity index (χ1) is 13.6. The molecule has 1 fully saturated rings. The largest absolute Gasteiger partial charge is 0.459 e. The van der Waals surface area contributed by atoms with E-state index in [1.807, 2.05) is 55.9 Å². The van der Waals surface area contributed by atoms with Crippen LogP contribution in [0.25, 0.3) is 22.1 Å². The molecule has 5 heteroatoms. The van der Waals surface area contributed by atoms with Gasteiger partial charge in [-0.1, -0.05) is 24.3 Å². The average molecular weight is 391 g/mol. The van der Waals surface area contributed by atoms with E-state index >= 15 is 0 Å². The van der Waals surface area contributed by atoms with Gasteiger partial charge in [0.2, 0.25) is 11.6 Å². The number of benzene rings is 2. The van der Waals surface area contributed by atoms with Gasteiger partial charge in [-0.2, -0.15) is 11.8 Å². The molecule has 1 aliphatic carbocycles. The fraction of sp³-hybridized carbons (Fsp3) is 0.304. The molecule has 1 saturated heterocycles. The molecule has 0 atom stereocenters. The summed E-state index contributed by atoms with van der Waals surface area (Å²) in [5, 5.41) is 1.82. The lowest BCUT2D eigenvalue weighted by Gasteiger charge is -2.25. The average Bonchev–Trinajstić information content (AvgIpc) is 3.03. The van der Waals surface area contributed by atoms with Gasteiger partial charge < -0.3 is 4.42 Å². The summed E-state index contributed by atoms with van der Waals surface area (Å²) < 4.78 is 6.24. The molecule has 0 unspecified atom stereocenters. The van der Waals surface area contributed by atoms with Crippen LogP contribution in [0.4, 0.5) is 0 Å². The van der Waals surface area contributed by atoms with E-state index in [1.54, 1.807) is 0 Å². The predicted molar refractivity (Wildman–Crippen MR) is 112 cm³/mol. The molecule has 28 heavy (non-hydrogen) atoms. The van der Waals surface area contributed by atoms with E-state index in [9.17, 15) is 9.59 Å². The van der Waals surface area contributed by atoms with Crippen LogP contribution in [0, 0.1) is 13.8 Å². The number of thioether (sulfide) groups is 1. The second kappa shape index (κ2) is 6.61. The fourth-order valence-corrected chi connectivity index (χ4v) is 5.29. The van der Waals surface area contributed by atoms with Crippen molar-refractivity contribution in [3.63, 3.8) is 0 Å². The van der Waals surface area contributed by atoms with Gasteiger partial charge >= 0.3 is 0 Å². The smallest absolute Gasteiger partial charge is 0.237 e. The van der Waals surface area contributed by atoms with Crippen molar-refractivity contribution in [2.45, 2.75) is 20.4 Å². The van der Waals surface area contributed by atoms with E-state index in [1.165, 1.54) is 0 Å². The summed E-state index contributed by atoms with van der Waals surface area (Å²) >= 11 is 1.96. The zero-order valence-corrected chi connectivity index (χ0v) is 16.8. The molecular weight excluding hydrogens is 370 g/mol. The van der Waals surface area contributed by atoms with Gasteiger partial charge in [-0.3, -0.25) is 14.5 Å². The van der Waals surface area contributed by atoms with Crippen LogP contribution in [0.5, 0.6) is 0 Å². The lowest BCUT2D eigenvalue weighted by Crippen LogP contribution is -2.32. The molecule has 0 spiro atoms. The van der Waals surface area contributed by atoms with Crippen molar-refractivity contribution in [2.24, 2.45) is 0 Å². The van der Waals surface area contributed by atoms with E-state index in [0.717, 1.165) is 57.8 Å². The fourth-order valence-electron chi connectivity index (χ4n) is 4.31. The number of Topliss-reactive ketones (excluding diaryl/α,β-unsaturated/α-hetero) is 2. The van der Waals surface area contributed by atoms with E-state index in [-0.39, 0.29) is 0 Å². The van der Waals surface area contributed by atoms with Crippen molar-refractivity contribution in [1.82, 2.24) is 4.90 Å². The second-order valence-electron chi connectivity index (χ2n) is 7.56. The quantitative estimate of drug-likeness (QED) is 0.596. The minimum Gasteiger partial charge on any atom is -0.459 e. The third-order valence-electron chi connectivity index (χ3n) is 5.90. The molecule has 0 bridgehead atoms. The molecule has 4 nitrogen and oxygen atoms in total. The standard InChI is InChI=1S/C23H21NO3S/c1-13-4-3-5-16-15(13)6-7-17-20(16)22(26)21(25)19-14(2)18(27-23(17)19)12-24-8-10-28-11-9-24/h3-7H,8-12H2,1-2H3. The minimum atomic E-state index is -0.446. The number of aryl methyl sites for hydroxylation is 1. The first-order valence-corrected chi connectivity index (χ1v) is 10.8. The topological polar surface area (TPSA) is 50.5 Å². The Balaban J connectivity index is 1.68. The Kier molecular flexibility index (Phi) is 4.18. The Morgan fingerprint density at radius 2 is 1.71 bits per heavy atom. The van der Waals surface area contributed by atoms with Gasteiger partial charge in [-0.25, -0.2) is 0 Å². The van der Waals surface area contributed by atoms with Crippen molar-refractivity contribution in [3.8, 4) is 11.3 Å². The van der Waals surface area contributed by atoms with Crippen molar-refractivity contribution < 1.29 is 14.0 Å². The first-order valence-electron chi connectivity index (χ1n) is 9.60. The van der Waals surface area contributed by atoms with E-state index in [0.29, 0.717) is 23.4 Å². The SMILES string of the molecule is Cc1c(CN2CCSCC2)oc2c1C(=O)C(=O)c1c-2ccc2c(C)cccc12. The first kappa shape index (κ1) is 17.7. The number of ketones is 2. The van der Waals surface area contributed by atoms with Crippen LogP contribution in [0.15, 0.2) is 34.7 Å². The molecule has 2 aliphatic rings. The number of hydrogen-bond acceptors (Lipinski definition) is 5. The van der Waals surface area contributed by atoms with Gasteiger partial charge in [0, 0.05) is 41.3 Å². The molecule has 142 valence electrons. The van der Waals surface area contributed by atoms with Crippen molar-refractivity contribution in [1.29, 1.82) is 0 Å². The van der Waals surface area contributed by atoms with Crippen LogP contribution in [-0.2, 0) is 6.54 Å². The zero-order valence-electron chi connectivity index (χ0n) is 16.0. The van der Waals surface area contributed by atoms with Gasteiger partial charge in [0.15, 0.2) is 0 Å². The third kappa shape index (κ3) is 2.57. The molecule has 0 N–H and O–H groups in total. The maximum Gasteiger partial charge on any atom is 0.237 e. The third-order valence-corrected chi connectivity index (χ3v) is 6.84. The number of fused-ring (bicyclic) bond motifs is 5. The molecule has 1 aromatic heterocycles. The normalized spacial score (nSPS) is 17.1. The van der Waals surface area contributed by atoms with Crippen LogP contribution in [0.3, 0.4) is 0 Å². The monoisotopic (exact) mass is 391 g/mol. The lowest BCUT2D eigenvalue weighted by molar-refractivity contribution is 0.0815. The summed E-state index contributed by atoms with van der Waals surface area (Å²) in [6, 6.07) is 9.81. The van der Waals surface area contributed by atoms with E-state index in [4.69, 9.17) is 4.42 Å². The summed E-state index contributed by atoms with van der Waals surface area (Å²) in [6.07, 6.45) is 0. The summed E-state index contributed by atoms with van der Waals surface area (Å²) in [5.41, 5.74) is 3.56. The molecular formula is C23H21NO3S. The number of furan rings is 1. The second-order valence-corrected chi connectivity index (χ2v) is 8.78. The highest BCUT2D eigenvalue weighted by atomic mass is 32.2. The molecule has 1 aliphatic heterocycles. The van der Waals surface area contributed by atoms with Crippen LogP contribution < -0.4 is 0 Å². The number of hydrogen-bond donors (Lipinski definition) is 0. The number of carbonyl (C=O) groups excluding carboxylic acids is 2. The number of nitrogens with zero attached hydrogens (tertiary/aromatic N) is 1. The molecule has 5 rings (SSSR count). The van der Waals surface area contributed by atoms with Gasteiger partial charge in [-0.05, 0) is 36.2 Å². The Hall–Kier alpha value is -2.37. The van der Waals surface area contributed by atoms with Crippen LogP contribution in [0.2, 0.25) is 0 Å². The molecule has 0 saturated carbocycles. The van der Waals surface area contributed by atoms with Gasteiger partial charge in [0.25, 0.3) is 0 Å². The van der Waals surface area contributed by atoms with E-state index in [2.05, 4.69) is 4.90 Å². The van der Waals surface area contributed by atoms with Crippen LogP contribution in [0.1, 0.15) is 37.6 Å². The van der Waals surface area contributed by atoms with E-state index < -0.39 is 11.6 Å². The molecule has 3 aromatic rings. The van der Waals surface area contributed by atoms with Gasteiger partial charge in [0.05, 0.1) is 12.1 Å². The van der Waals surface area contributed by atoms with Crippen LogP contribution in [-0.4, -0.2) is 41.1 Å². The highest BCUT2D eigenvalue weighted by Gasteiger charge is 2.37. The molecule has 2 heterocycles. The predicted octanol–water partition coefficient (Wildman–Crippen LogP) is 4.64. The van der Waals surface area contributed by atoms with Crippen LogP contribution >= 0.6 is 11.8 Å². The summed E-state index contributed by atoms with van der Waals surface area (Å²) in [7, 11) is 0. The Morgan fingerprint density at radius 1 is 0.964 bits per heavy atom. The highest BCUT2D eigenvalue weighted by molar-refractivity contribution is 7.99. The summed E-state index contributed by atoms with van der Waals surface area (Å²) in [4.78, 5) is 28.4. The lowest BCUT2D eigenvalue weighted by atomic mass is 9.83. The zero-order chi connectivity index (χ0) is 19.4. The van der Waals surface area contributed by atoms with Crippen molar-refractivity contribution >= 4 is 34.1 Å². The number of carbonyl (C=O) groups is 2.